The average Bonchev–Trinajstić information content (AvgIpc) is 2.77. The van der Waals surface area contributed by atoms with Gasteiger partial charge in [0.1, 0.15) is 5.69 Å². The number of halogens is 1. The van der Waals surface area contributed by atoms with Gasteiger partial charge >= 0.3 is 0 Å². The van der Waals surface area contributed by atoms with Crippen molar-refractivity contribution in [3.8, 4) is 0 Å². The highest BCUT2D eigenvalue weighted by atomic mass is 35.5. The lowest BCUT2D eigenvalue weighted by molar-refractivity contribution is 0.150. The Hall–Kier alpha value is -1.43. The third-order valence-corrected chi connectivity index (χ3v) is 2.61. The molecule has 1 heterocycles. The van der Waals surface area contributed by atoms with E-state index in [4.69, 9.17) is 16.7 Å². The zero-order valence-electron chi connectivity index (χ0n) is 8.99. The molecule has 0 bridgehead atoms. The summed E-state index contributed by atoms with van der Waals surface area (Å²) in [6, 6.07) is 6.97. The van der Waals surface area contributed by atoms with E-state index < -0.39 is 6.10 Å². The molecule has 2 aromatic rings. The van der Waals surface area contributed by atoms with Gasteiger partial charge in [0, 0.05) is 5.02 Å². The van der Waals surface area contributed by atoms with Gasteiger partial charge in [-0.3, -0.25) is 0 Å². The topological polar surface area (TPSA) is 71.2 Å². The van der Waals surface area contributed by atoms with E-state index >= 15 is 0 Å². The summed E-state index contributed by atoms with van der Waals surface area (Å²) in [5, 5.41) is 26.9. The van der Waals surface area contributed by atoms with Gasteiger partial charge in [-0.25, -0.2) is 4.68 Å². The molecular formula is C11H12ClN3O2. The van der Waals surface area contributed by atoms with E-state index in [9.17, 15) is 5.11 Å². The predicted octanol–water partition coefficient (Wildman–Crippen LogP) is 1.16. The van der Waals surface area contributed by atoms with Gasteiger partial charge in [0.05, 0.1) is 25.5 Å². The minimum absolute atomic E-state index is 0.156. The zero-order chi connectivity index (χ0) is 12.3. The molecule has 0 amide bonds. The number of benzene rings is 1. The van der Waals surface area contributed by atoms with Crippen molar-refractivity contribution >= 4 is 11.6 Å². The van der Waals surface area contributed by atoms with Crippen LogP contribution in [-0.2, 0) is 13.2 Å². The summed E-state index contributed by atoms with van der Waals surface area (Å²) in [5.74, 6) is 0. The van der Waals surface area contributed by atoms with Gasteiger partial charge in [-0.2, -0.15) is 0 Å². The lowest BCUT2D eigenvalue weighted by atomic mass is 10.1. The number of aromatic nitrogens is 3. The lowest BCUT2D eigenvalue weighted by Crippen LogP contribution is -2.09. The first-order chi connectivity index (χ1) is 8.19. The number of aliphatic hydroxyl groups excluding tert-OH is 2. The van der Waals surface area contributed by atoms with Crippen molar-refractivity contribution in [2.75, 3.05) is 0 Å². The maximum atomic E-state index is 9.95. The summed E-state index contributed by atoms with van der Waals surface area (Å²) in [6.07, 6.45) is 0.916. The molecule has 90 valence electrons. The van der Waals surface area contributed by atoms with Crippen molar-refractivity contribution in [2.24, 2.45) is 0 Å². The van der Waals surface area contributed by atoms with Crippen LogP contribution < -0.4 is 0 Å². The smallest absolute Gasteiger partial charge is 0.108 e. The van der Waals surface area contributed by atoms with E-state index in [1.807, 2.05) is 0 Å². The Labute approximate surface area is 103 Å². The van der Waals surface area contributed by atoms with Gasteiger partial charge in [0.25, 0.3) is 0 Å². The molecule has 0 saturated heterocycles. The second kappa shape index (κ2) is 5.27. The van der Waals surface area contributed by atoms with Gasteiger partial charge in [-0.05, 0) is 17.7 Å². The van der Waals surface area contributed by atoms with Gasteiger partial charge < -0.3 is 10.2 Å². The molecule has 2 rings (SSSR count). The summed E-state index contributed by atoms with van der Waals surface area (Å²) in [7, 11) is 0. The average molecular weight is 254 g/mol. The molecule has 0 saturated carbocycles. The highest BCUT2D eigenvalue weighted by molar-refractivity contribution is 6.30. The SMILES string of the molecule is OCc1cn(CC(O)c2ccc(Cl)cc2)nn1. The van der Waals surface area contributed by atoms with Gasteiger partial charge in [0.2, 0.25) is 0 Å². The highest BCUT2D eigenvalue weighted by Gasteiger charge is 2.09. The van der Waals surface area contributed by atoms with Crippen LogP contribution in [0.4, 0.5) is 0 Å². The Morgan fingerprint density at radius 3 is 2.59 bits per heavy atom. The standard InChI is InChI=1S/C11H12ClN3O2/c12-9-3-1-8(2-4-9)11(17)6-15-5-10(7-16)13-14-15/h1-5,11,16-17H,6-7H2. The molecule has 0 radical (unpaired) electrons. The van der Waals surface area contributed by atoms with Gasteiger partial charge in [0.15, 0.2) is 0 Å². The third kappa shape index (κ3) is 3.03. The largest absolute Gasteiger partial charge is 0.390 e. The lowest BCUT2D eigenvalue weighted by Gasteiger charge is -2.10. The maximum Gasteiger partial charge on any atom is 0.108 e. The predicted molar refractivity (Wildman–Crippen MR) is 62.4 cm³/mol. The number of hydrogen-bond acceptors (Lipinski definition) is 4. The minimum Gasteiger partial charge on any atom is -0.390 e. The molecule has 0 fully saturated rings. The summed E-state index contributed by atoms with van der Waals surface area (Å²) in [6.45, 7) is 0.131. The zero-order valence-corrected chi connectivity index (χ0v) is 9.75. The van der Waals surface area contributed by atoms with E-state index in [1.54, 1.807) is 30.5 Å². The molecule has 0 aliphatic rings. The van der Waals surface area contributed by atoms with Crippen molar-refractivity contribution in [3.05, 3.63) is 46.7 Å². The first-order valence-electron chi connectivity index (χ1n) is 5.12. The Morgan fingerprint density at radius 2 is 2.00 bits per heavy atom. The molecule has 6 heteroatoms. The van der Waals surface area contributed by atoms with E-state index in [-0.39, 0.29) is 13.2 Å². The third-order valence-electron chi connectivity index (χ3n) is 2.36. The number of rotatable bonds is 4. The summed E-state index contributed by atoms with van der Waals surface area (Å²) in [4.78, 5) is 0. The van der Waals surface area contributed by atoms with Crippen LogP contribution in [0.2, 0.25) is 5.02 Å². The van der Waals surface area contributed by atoms with Crippen LogP contribution in [-0.4, -0.2) is 25.2 Å². The molecule has 0 aliphatic heterocycles. The minimum atomic E-state index is -0.680. The molecule has 17 heavy (non-hydrogen) atoms. The van der Waals surface area contributed by atoms with Crippen molar-refractivity contribution in [1.82, 2.24) is 15.0 Å². The molecule has 1 unspecified atom stereocenters. The van der Waals surface area contributed by atoms with Crippen LogP contribution in [0, 0.1) is 0 Å². The van der Waals surface area contributed by atoms with Crippen LogP contribution in [0.15, 0.2) is 30.5 Å². The Bertz CT molecular complexity index is 484. The van der Waals surface area contributed by atoms with Crippen molar-refractivity contribution < 1.29 is 10.2 Å². The first kappa shape index (κ1) is 12.0. The maximum absolute atomic E-state index is 9.95. The number of hydrogen-bond donors (Lipinski definition) is 2. The number of nitrogens with zero attached hydrogens (tertiary/aromatic N) is 3. The Balaban J connectivity index is 2.05. The van der Waals surface area contributed by atoms with Crippen LogP contribution in [0.5, 0.6) is 0 Å². The Kier molecular flexibility index (Phi) is 3.73. The molecule has 1 atom stereocenters. The van der Waals surface area contributed by atoms with E-state index in [0.29, 0.717) is 10.7 Å². The van der Waals surface area contributed by atoms with Crippen LogP contribution in [0.25, 0.3) is 0 Å². The number of aliphatic hydroxyl groups is 2. The van der Waals surface area contributed by atoms with Gasteiger partial charge in [-0.15, -0.1) is 5.10 Å². The first-order valence-corrected chi connectivity index (χ1v) is 5.50. The van der Waals surface area contributed by atoms with Crippen molar-refractivity contribution in [2.45, 2.75) is 19.3 Å². The molecule has 1 aromatic carbocycles. The van der Waals surface area contributed by atoms with E-state index in [1.165, 1.54) is 4.68 Å². The van der Waals surface area contributed by atoms with Crippen molar-refractivity contribution in [1.29, 1.82) is 0 Å². The molecule has 2 N–H and O–H groups in total. The molecule has 1 aromatic heterocycles. The quantitative estimate of drug-likeness (QED) is 0.858. The second-order valence-corrected chi connectivity index (χ2v) is 4.09. The normalized spacial score (nSPS) is 12.6. The molecular weight excluding hydrogens is 242 g/mol. The highest BCUT2D eigenvalue weighted by Crippen LogP contribution is 2.17. The fraction of sp³-hybridized carbons (Fsp3) is 0.273. The Morgan fingerprint density at radius 1 is 1.29 bits per heavy atom. The molecule has 0 spiro atoms. The van der Waals surface area contributed by atoms with E-state index in [2.05, 4.69) is 10.3 Å². The van der Waals surface area contributed by atoms with E-state index in [0.717, 1.165) is 5.56 Å². The molecule has 0 aliphatic carbocycles. The summed E-state index contributed by atoms with van der Waals surface area (Å²) < 4.78 is 1.49. The monoisotopic (exact) mass is 253 g/mol. The van der Waals surface area contributed by atoms with Crippen LogP contribution in [0.3, 0.4) is 0 Å². The van der Waals surface area contributed by atoms with Gasteiger partial charge in [-0.1, -0.05) is 28.9 Å². The summed E-state index contributed by atoms with van der Waals surface area (Å²) >= 11 is 5.76. The fourth-order valence-electron chi connectivity index (χ4n) is 1.47. The fourth-order valence-corrected chi connectivity index (χ4v) is 1.59. The van der Waals surface area contributed by atoms with Crippen molar-refractivity contribution in [3.63, 3.8) is 0 Å². The van der Waals surface area contributed by atoms with Crippen LogP contribution in [0.1, 0.15) is 17.4 Å². The second-order valence-electron chi connectivity index (χ2n) is 3.66. The van der Waals surface area contributed by atoms with Crippen LogP contribution >= 0.6 is 11.6 Å². The molecule has 5 nitrogen and oxygen atoms in total. The summed E-state index contributed by atoms with van der Waals surface area (Å²) in [5.41, 5.74) is 1.24.